The number of benzene rings is 1. The maximum absolute atomic E-state index is 11.9. The van der Waals surface area contributed by atoms with Crippen molar-refractivity contribution in [2.24, 2.45) is 5.10 Å². The van der Waals surface area contributed by atoms with Gasteiger partial charge in [0.25, 0.3) is 5.91 Å². The molecular formula is C28H39N3O5. The number of furan rings is 1. The lowest BCUT2D eigenvalue weighted by atomic mass is 10.1. The van der Waals surface area contributed by atoms with Crippen LogP contribution in [0.1, 0.15) is 100 Å². The average Bonchev–Trinajstić information content (AvgIpc) is 3.42. The first-order valence-electron chi connectivity index (χ1n) is 13.0. The minimum atomic E-state index is -0.584. The van der Waals surface area contributed by atoms with Crippen molar-refractivity contribution in [2.45, 2.75) is 84.0 Å². The van der Waals surface area contributed by atoms with Gasteiger partial charge in [0.15, 0.2) is 0 Å². The van der Waals surface area contributed by atoms with Gasteiger partial charge >= 0.3 is 5.97 Å². The van der Waals surface area contributed by atoms with Gasteiger partial charge in [-0.05, 0) is 48.4 Å². The number of hydrogen-bond acceptors (Lipinski definition) is 6. The number of unbranched alkanes of at least 4 members (excludes halogenated alkanes) is 10. The molecule has 0 saturated carbocycles. The molecule has 2 rings (SSSR count). The topological polar surface area (TPSA) is 110 Å². The zero-order valence-electron chi connectivity index (χ0n) is 21.3. The summed E-state index contributed by atoms with van der Waals surface area (Å²) in [5, 5.41) is 6.51. The van der Waals surface area contributed by atoms with Crippen LogP contribution in [0.4, 0.5) is 0 Å². The van der Waals surface area contributed by atoms with Crippen molar-refractivity contribution in [1.29, 1.82) is 0 Å². The van der Waals surface area contributed by atoms with Crippen molar-refractivity contribution < 1.29 is 23.5 Å². The molecule has 0 unspecified atom stereocenters. The molecule has 0 spiro atoms. The lowest BCUT2D eigenvalue weighted by molar-refractivity contribution is -0.126. The standard InChI is InChI=1S/C28H39N3O5/c1-2-3-4-5-6-7-8-9-10-11-12-15-26(32)29-22-27(33)31-30-21-23-16-18-24(19-17-23)36-28(34)25-14-13-20-35-25/h13-14,16-21H,2-12,15,22H2,1H3,(H,29,32)(H,31,33)/b30-21+. The third-order valence-electron chi connectivity index (χ3n) is 5.67. The van der Waals surface area contributed by atoms with Gasteiger partial charge in [-0.1, -0.05) is 71.1 Å². The van der Waals surface area contributed by atoms with E-state index in [1.807, 2.05) is 0 Å². The molecule has 8 heteroatoms. The Kier molecular flexibility index (Phi) is 14.4. The Labute approximate surface area is 213 Å². The molecule has 0 aliphatic rings. The van der Waals surface area contributed by atoms with Crippen LogP contribution in [-0.2, 0) is 9.59 Å². The SMILES string of the molecule is CCCCCCCCCCCCCC(=O)NCC(=O)N/N=C/c1ccc(OC(=O)c2ccco2)cc1. The summed E-state index contributed by atoms with van der Waals surface area (Å²) in [5.41, 5.74) is 3.08. The number of nitrogens with zero attached hydrogens (tertiary/aromatic N) is 1. The van der Waals surface area contributed by atoms with E-state index in [2.05, 4.69) is 22.8 Å². The fourth-order valence-electron chi connectivity index (χ4n) is 3.61. The van der Waals surface area contributed by atoms with E-state index in [4.69, 9.17) is 9.15 Å². The summed E-state index contributed by atoms with van der Waals surface area (Å²) in [6.45, 7) is 2.12. The first kappa shape index (κ1) is 28.8. The van der Waals surface area contributed by atoms with E-state index in [9.17, 15) is 14.4 Å². The van der Waals surface area contributed by atoms with Crippen LogP contribution in [0.25, 0.3) is 0 Å². The van der Waals surface area contributed by atoms with E-state index < -0.39 is 11.9 Å². The maximum Gasteiger partial charge on any atom is 0.379 e. The Bertz CT molecular complexity index is 923. The zero-order valence-corrected chi connectivity index (χ0v) is 21.3. The van der Waals surface area contributed by atoms with Gasteiger partial charge in [-0.3, -0.25) is 9.59 Å². The minimum Gasteiger partial charge on any atom is -0.457 e. The molecule has 196 valence electrons. The highest BCUT2D eigenvalue weighted by molar-refractivity contribution is 5.88. The maximum atomic E-state index is 11.9. The quantitative estimate of drug-likeness (QED) is 0.0894. The molecule has 2 aromatic rings. The first-order valence-corrected chi connectivity index (χ1v) is 13.0. The monoisotopic (exact) mass is 497 g/mol. The molecule has 0 fully saturated rings. The third kappa shape index (κ3) is 12.9. The molecule has 1 aromatic carbocycles. The number of rotatable bonds is 18. The Morgan fingerprint density at radius 3 is 2.11 bits per heavy atom. The number of carbonyl (C=O) groups excluding carboxylic acids is 3. The number of esters is 1. The molecule has 8 nitrogen and oxygen atoms in total. The third-order valence-corrected chi connectivity index (χ3v) is 5.67. The summed E-state index contributed by atoms with van der Waals surface area (Å²) in [4.78, 5) is 35.6. The van der Waals surface area contributed by atoms with Crippen LogP contribution < -0.4 is 15.5 Å². The second kappa shape index (κ2) is 17.9. The van der Waals surface area contributed by atoms with Crippen molar-refractivity contribution in [3.63, 3.8) is 0 Å². The molecule has 0 bridgehead atoms. The van der Waals surface area contributed by atoms with E-state index >= 15 is 0 Å². The Hall–Kier alpha value is -3.42. The predicted octanol–water partition coefficient (Wildman–Crippen LogP) is 5.77. The van der Waals surface area contributed by atoms with Crippen molar-refractivity contribution in [3.05, 3.63) is 54.0 Å². The highest BCUT2D eigenvalue weighted by atomic mass is 16.5. The fraction of sp³-hybridized carbons (Fsp3) is 0.500. The van der Waals surface area contributed by atoms with Gasteiger partial charge in [-0.25, -0.2) is 10.2 Å². The zero-order chi connectivity index (χ0) is 25.8. The summed E-state index contributed by atoms with van der Waals surface area (Å²) in [6.07, 6.45) is 16.9. The van der Waals surface area contributed by atoms with E-state index in [1.165, 1.54) is 69.9 Å². The highest BCUT2D eigenvalue weighted by Crippen LogP contribution is 2.14. The highest BCUT2D eigenvalue weighted by Gasteiger charge is 2.11. The molecule has 36 heavy (non-hydrogen) atoms. The molecular weight excluding hydrogens is 458 g/mol. The summed E-state index contributed by atoms with van der Waals surface area (Å²) >= 11 is 0. The Morgan fingerprint density at radius 1 is 0.861 bits per heavy atom. The largest absolute Gasteiger partial charge is 0.457 e. The molecule has 0 aliphatic carbocycles. The number of nitrogens with one attached hydrogen (secondary N) is 2. The van der Waals surface area contributed by atoms with E-state index in [0.29, 0.717) is 17.7 Å². The van der Waals surface area contributed by atoms with Crippen LogP contribution in [0, 0.1) is 0 Å². The van der Waals surface area contributed by atoms with Crippen molar-refractivity contribution >= 4 is 24.0 Å². The first-order chi connectivity index (χ1) is 17.6. The second-order valence-electron chi connectivity index (χ2n) is 8.79. The lowest BCUT2D eigenvalue weighted by Crippen LogP contribution is -2.34. The summed E-state index contributed by atoms with van der Waals surface area (Å²) < 4.78 is 10.2. The van der Waals surface area contributed by atoms with Gasteiger partial charge in [-0.15, -0.1) is 0 Å². The van der Waals surface area contributed by atoms with Crippen LogP contribution in [0.3, 0.4) is 0 Å². The molecule has 0 saturated heterocycles. The number of amides is 2. The Balaban J connectivity index is 1.49. The summed E-state index contributed by atoms with van der Waals surface area (Å²) in [6, 6.07) is 9.73. The van der Waals surface area contributed by atoms with Gasteiger partial charge in [0.2, 0.25) is 11.7 Å². The summed E-state index contributed by atoms with van der Waals surface area (Å²) in [5.74, 6) is -0.626. The second-order valence-corrected chi connectivity index (χ2v) is 8.79. The van der Waals surface area contributed by atoms with Crippen LogP contribution in [0.5, 0.6) is 5.75 Å². The smallest absolute Gasteiger partial charge is 0.379 e. The Morgan fingerprint density at radius 2 is 1.50 bits per heavy atom. The van der Waals surface area contributed by atoms with E-state index in [-0.39, 0.29) is 18.2 Å². The van der Waals surface area contributed by atoms with Crippen LogP contribution in [0.2, 0.25) is 0 Å². The van der Waals surface area contributed by atoms with Gasteiger partial charge in [0.05, 0.1) is 19.0 Å². The average molecular weight is 498 g/mol. The van der Waals surface area contributed by atoms with Crippen LogP contribution >= 0.6 is 0 Å². The van der Waals surface area contributed by atoms with Gasteiger partial charge in [0.1, 0.15) is 5.75 Å². The normalized spacial score (nSPS) is 10.9. The number of hydrazone groups is 1. The van der Waals surface area contributed by atoms with Gasteiger partial charge in [-0.2, -0.15) is 5.10 Å². The molecule has 1 heterocycles. The molecule has 1 aromatic heterocycles. The van der Waals surface area contributed by atoms with E-state index in [0.717, 1.165) is 19.3 Å². The molecule has 2 N–H and O–H groups in total. The van der Waals surface area contributed by atoms with Gasteiger partial charge < -0.3 is 14.5 Å². The number of carbonyl (C=O) groups is 3. The molecule has 0 atom stereocenters. The van der Waals surface area contributed by atoms with Crippen molar-refractivity contribution in [2.75, 3.05) is 6.54 Å². The van der Waals surface area contributed by atoms with Crippen LogP contribution in [0.15, 0.2) is 52.2 Å². The van der Waals surface area contributed by atoms with E-state index in [1.54, 1.807) is 30.3 Å². The number of hydrogen-bond donors (Lipinski definition) is 2. The van der Waals surface area contributed by atoms with Gasteiger partial charge in [0, 0.05) is 6.42 Å². The predicted molar refractivity (Wildman–Crippen MR) is 140 cm³/mol. The minimum absolute atomic E-state index is 0.115. The van der Waals surface area contributed by atoms with Crippen LogP contribution in [-0.4, -0.2) is 30.5 Å². The fourth-order valence-corrected chi connectivity index (χ4v) is 3.61. The van der Waals surface area contributed by atoms with Crippen molar-refractivity contribution in [1.82, 2.24) is 10.7 Å². The number of ether oxygens (including phenoxy) is 1. The lowest BCUT2D eigenvalue weighted by Gasteiger charge is -2.05. The summed E-state index contributed by atoms with van der Waals surface area (Å²) in [7, 11) is 0. The van der Waals surface area contributed by atoms with Crippen molar-refractivity contribution in [3.8, 4) is 5.75 Å². The molecule has 0 radical (unpaired) electrons. The molecule has 2 amide bonds. The molecule has 0 aliphatic heterocycles.